The van der Waals surface area contributed by atoms with Crippen LogP contribution in [0.3, 0.4) is 0 Å². The SMILES string of the molecule is Cl.N=C(N)N(CCO)c1ccc(C(=O)O)cc1. The van der Waals surface area contributed by atoms with Gasteiger partial charge in [-0.25, -0.2) is 4.79 Å². The number of carboxylic acids is 1. The van der Waals surface area contributed by atoms with E-state index in [-0.39, 0.29) is 37.1 Å². The van der Waals surface area contributed by atoms with Gasteiger partial charge >= 0.3 is 5.97 Å². The number of carbonyl (C=O) groups is 1. The van der Waals surface area contributed by atoms with Crippen LogP contribution in [0, 0.1) is 5.41 Å². The van der Waals surface area contributed by atoms with Crippen molar-refractivity contribution >= 4 is 30.0 Å². The quantitative estimate of drug-likeness (QED) is 0.465. The molecule has 7 heteroatoms. The molecule has 0 saturated heterocycles. The van der Waals surface area contributed by atoms with Crippen molar-refractivity contribution in [3.63, 3.8) is 0 Å². The average molecular weight is 260 g/mol. The minimum atomic E-state index is -1.01. The Hall–Kier alpha value is -1.79. The van der Waals surface area contributed by atoms with Crippen molar-refractivity contribution in [1.29, 1.82) is 5.41 Å². The fourth-order valence-electron chi connectivity index (χ4n) is 1.27. The Morgan fingerprint density at radius 3 is 2.24 bits per heavy atom. The third-order valence-corrected chi connectivity index (χ3v) is 2.04. The molecule has 0 bridgehead atoms. The molecule has 0 aliphatic carbocycles. The minimum absolute atomic E-state index is 0. The molecule has 0 heterocycles. The molecule has 0 aromatic heterocycles. The Kier molecular flexibility index (Phi) is 6.01. The van der Waals surface area contributed by atoms with E-state index in [0.717, 1.165) is 0 Å². The molecule has 0 aliphatic heterocycles. The summed E-state index contributed by atoms with van der Waals surface area (Å²) in [6.45, 7) is 0.0576. The van der Waals surface area contributed by atoms with Crippen LogP contribution in [-0.2, 0) is 0 Å². The number of hydrogen-bond donors (Lipinski definition) is 4. The van der Waals surface area contributed by atoms with E-state index >= 15 is 0 Å². The number of nitrogens with zero attached hydrogens (tertiary/aromatic N) is 1. The Balaban J connectivity index is 0.00000256. The zero-order chi connectivity index (χ0) is 12.1. The maximum absolute atomic E-state index is 10.6. The Morgan fingerprint density at radius 2 is 1.88 bits per heavy atom. The lowest BCUT2D eigenvalue weighted by molar-refractivity contribution is 0.0697. The molecule has 0 aliphatic rings. The number of nitrogens with one attached hydrogen (secondary N) is 1. The van der Waals surface area contributed by atoms with Crippen molar-refractivity contribution in [2.75, 3.05) is 18.1 Å². The summed E-state index contributed by atoms with van der Waals surface area (Å²) in [6.07, 6.45) is 0. The van der Waals surface area contributed by atoms with Gasteiger partial charge < -0.3 is 20.8 Å². The molecular formula is C10H14ClN3O3. The van der Waals surface area contributed by atoms with Crippen molar-refractivity contribution in [3.8, 4) is 0 Å². The van der Waals surface area contributed by atoms with E-state index in [4.69, 9.17) is 21.4 Å². The Labute approximate surface area is 105 Å². The number of aliphatic hydroxyl groups excluding tert-OH is 1. The van der Waals surface area contributed by atoms with Crippen molar-refractivity contribution < 1.29 is 15.0 Å². The van der Waals surface area contributed by atoms with Gasteiger partial charge in [-0.2, -0.15) is 0 Å². The van der Waals surface area contributed by atoms with E-state index in [2.05, 4.69) is 0 Å². The highest BCUT2D eigenvalue weighted by Gasteiger charge is 2.09. The van der Waals surface area contributed by atoms with Crippen molar-refractivity contribution in [1.82, 2.24) is 0 Å². The fraction of sp³-hybridized carbons (Fsp3) is 0.200. The smallest absolute Gasteiger partial charge is 0.335 e. The van der Waals surface area contributed by atoms with Crippen LogP contribution in [0.15, 0.2) is 24.3 Å². The van der Waals surface area contributed by atoms with E-state index < -0.39 is 5.97 Å². The molecule has 17 heavy (non-hydrogen) atoms. The van der Waals surface area contributed by atoms with E-state index in [9.17, 15) is 4.79 Å². The van der Waals surface area contributed by atoms with Gasteiger partial charge in [-0.1, -0.05) is 0 Å². The van der Waals surface area contributed by atoms with Crippen LogP contribution in [-0.4, -0.2) is 35.3 Å². The van der Waals surface area contributed by atoms with Gasteiger partial charge in [-0.05, 0) is 24.3 Å². The molecule has 0 saturated carbocycles. The summed E-state index contributed by atoms with van der Waals surface area (Å²) in [4.78, 5) is 12.0. The molecule has 94 valence electrons. The van der Waals surface area contributed by atoms with Crippen molar-refractivity contribution in [3.05, 3.63) is 29.8 Å². The molecule has 6 nitrogen and oxygen atoms in total. The number of aromatic carboxylic acids is 1. The second-order valence-electron chi connectivity index (χ2n) is 3.11. The zero-order valence-electron chi connectivity index (χ0n) is 8.96. The molecule has 1 aromatic carbocycles. The molecular weight excluding hydrogens is 246 g/mol. The number of guanidine groups is 1. The van der Waals surface area contributed by atoms with Crippen LogP contribution < -0.4 is 10.6 Å². The summed E-state index contributed by atoms with van der Waals surface area (Å²) >= 11 is 0. The normalized spacial score (nSPS) is 9.24. The molecule has 0 unspecified atom stereocenters. The standard InChI is InChI=1S/C10H13N3O3.ClH/c11-10(12)13(5-6-14)8-3-1-7(2-4-8)9(15)16;/h1-4,14H,5-6H2,(H3,11,12)(H,15,16);1H. The highest BCUT2D eigenvalue weighted by Crippen LogP contribution is 2.14. The van der Waals surface area contributed by atoms with Crippen LogP contribution in [0.4, 0.5) is 5.69 Å². The van der Waals surface area contributed by atoms with Crippen LogP contribution >= 0.6 is 12.4 Å². The van der Waals surface area contributed by atoms with E-state index in [0.29, 0.717) is 5.69 Å². The number of anilines is 1. The third kappa shape index (κ3) is 3.93. The molecule has 5 N–H and O–H groups in total. The molecule has 0 radical (unpaired) electrons. The molecule has 0 fully saturated rings. The monoisotopic (exact) mass is 259 g/mol. The minimum Gasteiger partial charge on any atom is -0.478 e. The lowest BCUT2D eigenvalue weighted by atomic mass is 10.2. The van der Waals surface area contributed by atoms with Gasteiger partial charge in [0.15, 0.2) is 5.96 Å². The Morgan fingerprint density at radius 1 is 1.35 bits per heavy atom. The van der Waals surface area contributed by atoms with Crippen molar-refractivity contribution in [2.24, 2.45) is 5.73 Å². The van der Waals surface area contributed by atoms with Crippen molar-refractivity contribution in [2.45, 2.75) is 0 Å². The number of rotatable bonds is 4. The van der Waals surface area contributed by atoms with Gasteiger partial charge in [0.25, 0.3) is 0 Å². The number of nitrogens with two attached hydrogens (primary N) is 1. The summed E-state index contributed by atoms with van der Waals surface area (Å²) < 4.78 is 0. The van der Waals surface area contributed by atoms with Crippen LogP contribution in [0.25, 0.3) is 0 Å². The third-order valence-electron chi connectivity index (χ3n) is 2.04. The first-order valence-corrected chi connectivity index (χ1v) is 4.62. The van der Waals surface area contributed by atoms with E-state index in [1.54, 1.807) is 12.1 Å². The highest BCUT2D eigenvalue weighted by atomic mass is 35.5. The lowest BCUT2D eigenvalue weighted by Gasteiger charge is -2.21. The first kappa shape index (κ1) is 15.2. The number of aliphatic hydroxyl groups is 1. The molecule has 1 rings (SSSR count). The summed E-state index contributed by atoms with van der Waals surface area (Å²) in [5.74, 6) is -1.21. The Bertz CT molecular complexity index is 394. The molecule has 0 atom stereocenters. The van der Waals surface area contributed by atoms with Gasteiger partial charge in [0.1, 0.15) is 0 Å². The van der Waals surface area contributed by atoms with Crippen LogP contribution in [0.2, 0.25) is 0 Å². The second-order valence-corrected chi connectivity index (χ2v) is 3.11. The van der Waals surface area contributed by atoms with Gasteiger partial charge in [0.05, 0.1) is 12.2 Å². The summed E-state index contributed by atoms with van der Waals surface area (Å²) in [7, 11) is 0. The largest absolute Gasteiger partial charge is 0.478 e. The molecule has 0 spiro atoms. The summed E-state index contributed by atoms with van der Waals surface area (Å²) in [5, 5.41) is 24.8. The number of hydrogen-bond acceptors (Lipinski definition) is 3. The summed E-state index contributed by atoms with van der Waals surface area (Å²) in [5.41, 5.74) is 6.07. The molecule has 1 aromatic rings. The van der Waals surface area contributed by atoms with Crippen LogP contribution in [0.5, 0.6) is 0 Å². The topological polar surface area (TPSA) is 111 Å². The van der Waals surface area contributed by atoms with Gasteiger partial charge in [0.2, 0.25) is 0 Å². The zero-order valence-corrected chi connectivity index (χ0v) is 9.78. The maximum Gasteiger partial charge on any atom is 0.335 e. The van der Waals surface area contributed by atoms with Gasteiger partial charge in [-0.15, -0.1) is 12.4 Å². The second kappa shape index (κ2) is 6.72. The van der Waals surface area contributed by atoms with Gasteiger partial charge in [0, 0.05) is 12.2 Å². The fourth-order valence-corrected chi connectivity index (χ4v) is 1.27. The van der Waals surface area contributed by atoms with Gasteiger partial charge in [-0.3, -0.25) is 5.41 Å². The first-order valence-electron chi connectivity index (χ1n) is 4.62. The predicted octanol–water partition coefficient (Wildman–Crippen LogP) is 0.499. The van der Waals surface area contributed by atoms with E-state index in [1.165, 1.54) is 17.0 Å². The average Bonchev–Trinajstić information content (AvgIpc) is 2.25. The van der Waals surface area contributed by atoms with Crippen LogP contribution in [0.1, 0.15) is 10.4 Å². The number of benzene rings is 1. The molecule has 0 amide bonds. The maximum atomic E-state index is 10.6. The first-order chi connectivity index (χ1) is 7.56. The number of carboxylic acid groups (broad SMARTS) is 1. The predicted molar refractivity (Wildman–Crippen MR) is 67.0 cm³/mol. The highest BCUT2D eigenvalue weighted by molar-refractivity contribution is 5.93. The summed E-state index contributed by atoms with van der Waals surface area (Å²) in [6, 6.07) is 5.93. The lowest BCUT2D eigenvalue weighted by Crippen LogP contribution is -2.38. The van der Waals surface area contributed by atoms with E-state index in [1.807, 2.05) is 0 Å². The number of halogens is 1.